The topological polar surface area (TPSA) is 68.5 Å². The van der Waals surface area contributed by atoms with Gasteiger partial charge in [0.15, 0.2) is 0 Å². The summed E-state index contributed by atoms with van der Waals surface area (Å²) in [5, 5.41) is 2.83. The van der Waals surface area contributed by atoms with Gasteiger partial charge in [-0.1, -0.05) is 12.1 Å². The lowest BCUT2D eigenvalue weighted by Gasteiger charge is -2.06. The number of carbonyl (C=O) groups is 2. The number of nitrogens with one attached hydrogen (secondary N) is 1. The first-order valence-electron chi connectivity index (χ1n) is 6.81. The van der Waals surface area contributed by atoms with Crippen molar-refractivity contribution in [2.24, 2.45) is 0 Å². The first-order chi connectivity index (χ1) is 11.0. The van der Waals surface area contributed by atoms with E-state index < -0.39 is 5.97 Å². The zero-order valence-corrected chi connectivity index (χ0v) is 15.1. The third-order valence-corrected chi connectivity index (χ3v) is 4.65. The van der Waals surface area contributed by atoms with Gasteiger partial charge in [0.2, 0.25) is 5.91 Å². The van der Waals surface area contributed by atoms with Gasteiger partial charge in [-0.25, -0.2) is 4.79 Å². The number of aryl methyl sites for hydroxylation is 1. The van der Waals surface area contributed by atoms with Crippen molar-refractivity contribution >= 4 is 45.3 Å². The summed E-state index contributed by atoms with van der Waals surface area (Å²) in [4.78, 5) is 23.4. The quantitative estimate of drug-likeness (QED) is 0.745. The van der Waals surface area contributed by atoms with E-state index in [2.05, 4.69) is 26.0 Å². The SMILES string of the molecule is COC(=O)c1cc(CSCC(=O)Nc2ccccc2Br)oc1C. The average Bonchev–Trinajstić information content (AvgIpc) is 2.89. The van der Waals surface area contributed by atoms with E-state index in [0.717, 1.165) is 10.2 Å². The Morgan fingerprint density at radius 1 is 1.35 bits per heavy atom. The molecule has 1 aromatic carbocycles. The molecular formula is C16H16BrNO4S. The molecular weight excluding hydrogens is 382 g/mol. The second-order valence-corrected chi connectivity index (χ2v) is 6.53. The third-order valence-electron chi connectivity index (χ3n) is 3.00. The molecule has 0 atom stereocenters. The van der Waals surface area contributed by atoms with Crippen LogP contribution >= 0.6 is 27.7 Å². The molecule has 0 radical (unpaired) electrons. The number of furan rings is 1. The molecule has 0 unspecified atom stereocenters. The van der Waals surface area contributed by atoms with Crippen LogP contribution in [0.4, 0.5) is 5.69 Å². The highest BCUT2D eigenvalue weighted by Gasteiger charge is 2.15. The van der Waals surface area contributed by atoms with E-state index in [9.17, 15) is 9.59 Å². The zero-order valence-electron chi connectivity index (χ0n) is 12.7. The Morgan fingerprint density at radius 3 is 2.78 bits per heavy atom. The predicted molar refractivity (Wildman–Crippen MR) is 93.7 cm³/mol. The van der Waals surface area contributed by atoms with Gasteiger partial charge in [-0.15, -0.1) is 11.8 Å². The van der Waals surface area contributed by atoms with Crippen LogP contribution < -0.4 is 5.32 Å². The van der Waals surface area contributed by atoms with Gasteiger partial charge in [0.05, 0.1) is 24.3 Å². The lowest BCUT2D eigenvalue weighted by Crippen LogP contribution is -2.14. The highest BCUT2D eigenvalue weighted by molar-refractivity contribution is 9.10. The number of methoxy groups -OCH3 is 1. The molecule has 2 rings (SSSR count). The van der Waals surface area contributed by atoms with E-state index >= 15 is 0 Å². The number of hydrogen-bond acceptors (Lipinski definition) is 5. The van der Waals surface area contributed by atoms with Crippen LogP contribution in [0.1, 0.15) is 21.9 Å². The number of halogens is 1. The van der Waals surface area contributed by atoms with E-state index in [0.29, 0.717) is 22.8 Å². The van der Waals surface area contributed by atoms with Gasteiger partial charge in [0.25, 0.3) is 0 Å². The van der Waals surface area contributed by atoms with Crippen molar-refractivity contribution in [2.75, 3.05) is 18.2 Å². The maximum Gasteiger partial charge on any atom is 0.341 e. The largest absolute Gasteiger partial charge is 0.465 e. The van der Waals surface area contributed by atoms with Crippen LogP contribution in [0.5, 0.6) is 0 Å². The maximum atomic E-state index is 11.9. The molecule has 0 aliphatic carbocycles. The van der Waals surface area contributed by atoms with Crippen molar-refractivity contribution in [3.05, 3.63) is 51.9 Å². The monoisotopic (exact) mass is 397 g/mol. The number of carbonyl (C=O) groups excluding carboxylic acids is 2. The zero-order chi connectivity index (χ0) is 16.8. The molecule has 1 aromatic heterocycles. The van der Waals surface area contributed by atoms with Crippen molar-refractivity contribution in [3.8, 4) is 0 Å². The molecule has 0 aliphatic heterocycles. The van der Waals surface area contributed by atoms with Gasteiger partial charge >= 0.3 is 5.97 Å². The van der Waals surface area contributed by atoms with Crippen molar-refractivity contribution in [3.63, 3.8) is 0 Å². The Hall–Kier alpha value is -1.73. The minimum absolute atomic E-state index is 0.0987. The van der Waals surface area contributed by atoms with Crippen LogP contribution in [-0.2, 0) is 15.3 Å². The molecule has 0 fully saturated rings. The molecule has 122 valence electrons. The Labute approximate surface area is 146 Å². The molecule has 1 amide bonds. The van der Waals surface area contributed by atoms with E-state index in [1.54, 1.807) is 13.0 Å². The second kappa shape index (κ2) is 8.21. The number of thioether (sulfide) groups is 1. The molecule has 0 spiro atoms. The average molecular weight is 398 g/mol. The van der Waals surface area contributed by atoms with Gasteiger partial charge < -0.3 is 14.5 Å². The third kappa shape index (κ3) is 4.87. The first-order valence-corrected chi connectivity index (χ1v) is 8.75. The molecule has 0 aliphatic rings. The predicted octanol–water partition coefficient (Wildman–Crippen LogP) is 4.01. The van der Waals surface area contributed by atoms with Gasteiger partial charge in [-0.05, 0) is 41.1 Å². The fourth-order valence-corrected chi connectivity index (χ4v) is 3.01. The van der Waals surface area contributed by atoms with Crippen molar-refractivity contribution in [1.29, 1.82) is 0 Å². The number of amides is 1. The minimum atomic E-state index is -0.422. The normalized spacial score (nSPS) is 10.4. The number of para-hydroxylation sites is 1. The standard InChI is InChI=1S/C16H16BrNO4S/c1-10-12(16(20)21-2)7-11(22-10)8-23-9-15(19)18-14-6-4-3-5-13(14)17/h3-7H,8-9H2,1-2H3,(H,18,19). The highest BCUT2D eigenvalue weighted by Crippen LogP contribution is 2.23. The van der Waals surface area contributed by atoms with Crippen LogP contribution in [0.2, 0.25) is 0 Å². The van der Waals surface area contributed by atoms with Crippen LogP contribution in [0, 0.1) is 6.92 Å². The number of esters is 1. The van der Waals surface area contributed by atoms with Crippen molar-refractivity contribution in [1.82, 2.24) is 0 Å². The highest BCUT2D eigenvalue weighted by atomic mass is 79.9. The summed E-state index contributed by atoms with van der Waals surface area (Å²) in [5.41, 5.74) is 1.15. The summed E-state index contributed by atoms with van der Waals surface area (Å²) >= 11 is 4.79. The smallest absolute Gasteiger partial charge is 0.341 e. The molecule has 5 nitrogen and oxygen atoms in total. The van der Waals surface area contributed by atoms with Crippen LogP contribution in [0.3, 0.4) is 0 Å². The lowest BCUT2D eigenvalue weighted by atomic mass is 10.2. The van der Waals surface area contributed by atoms with Crippen LogP contribution in [-0.4, -0.2) is 24.7 Å². The maximum absolute atomic E-state index is 11.9. The molecule has 0 saturated carbocycles. The summed E-state index contributed by atoms with van der Waals surface area (Å²) in [5.74, 6) is 1.43. The summed E-state index contributed by atoms with van der Waals surface area (Å²) in [6.07, 6.45) is 0. The summed E-state index contributed by atoms with van der Waals surface area (Å²) < 4.78 is 11.0. The molecule has 7 heteroatoms. The molecule has 2 aromatic rings. The lowest BCUT2D eigenvalue weighted by molar-refractivity contribution is -0.113. The Bertz CT molecular complexity index is 714. The number of anilines is 1. The molecule has 0 saturated heterocycles. The van der Waals surface area contributed by atoms with Crippen LogP contribution in [0.15, 0.2) is 39.2 Å². The Balaban J connectivity index is 1.84. The van der Waals surface area contributed by atoms with Gasteiger partial charge in [0, 0.05) is 4.47 Å². The van der Waals surface area contributed by atoms with Gasteiger partial charge in [0.1, 0.15) is 17.1 Å². The van der Waals surface area contributed by atoms with Gasteiger partial charge in [-0.2, -0.15) is 0 Å². The van der Waals surface area contributed by atoms with Crippen molar-refractivity contribution in [2.45, 2.75) is 12.7 Å². The summed E-state index contributed by atoms with van der Waals surface area (Å²) in [6.45, 7) is 1.71. The van der Waals surface area contributed by atoms with Gasteiger partial charge in [-0.3, -0.25) is 4.79 Å². The fourth-order valence-electron chi connectivity index (χ4n) is 1.92. The Kier molecular flexibility index (Phi) is 6.29. The number of benzene rings is 1. The molecule has 0 bridgehead atoms. The van der Waals surface area contributed by atoms with E-state index in [4.69, 9.17) is 4.42 Å². The summed E-state index contributed by atoms with van der Waals surface area (Å²) in [7, 11) is 1.33. The minimum Gasteiger partial charge on any atom is -0.465 e. The van der Waals surface area contributed by atoms with E-state index in [1.165, 1.54) is 18.9 Å². The Morgan fingerprint density at radius 2 is 2.09 bits per heavy atom. The molecule has 1 N–H and O–H groups in total. The second-order valence-electron chi connectivity index (χ2n) is 4.69. The number of hydrogen-bond donors (Lipinski definition) is 1. The van der Waals surface area contributed by atoms with E-state index in [-0.39, 0.29) is 11.7 Å². The van der Waals surface area contributed by atoms with Crippen molar-refractivity contribution < 1.29 is 18.7 Å². The molecule has 1 heterocycles. The first kappa shape index (κ1) is 17.6. The number of ether oxygens (including phenoxy) is 1. The van der Waals surface area contributed by atoms with Crippen LogP contribution in [0.25, 0.3) is 0 Å². The van der Waals surface area contributed by atoms with E-state index in [1.807, 2.05) is 24.3 Å². The summed E-state index contributed by atoms with van der Waals surface area (Å²) in [6, 6.07) is 9.08. The fraction of sp³-hybridized carbons (Fsp3) is 0.250. The number of rotatable bonds is 6. The molecule has 23 heavy (non-hydrogen) atoms.